The molecule has 0 saturated carbocycles. The van der Waals surface area contributed by atoms with Gasteiger partial charge < -0.3 is 10.1 Å². The van der Waals surface area contributed by atoms with E-state index in [4.69, 9.17) is 16.3 Å². The van der Waals surface area contributed by atoms with Crippen molar-refractivity contribution in [1.82, 2.24) is 5.32 Å². The minimum Gasteiger partial charge on any atom is -0.496 e. The predicted octanol–water partition coefficient (Wildman–Crippen LogP) is 4.18. The van der Waals surface area contributed by atoms with Gasteiger partial charge in [-0.05, 0) is 35.9 Å². The van der Waals surface area contributed by atoms with Crippen LogP contribution in [0.1, 0.15) is 15.9 Å². The minimum absolute atomic E-state index is 0.144. The van der Waals surface area contributed by atoms with Gasteiger partial charge in [0, 0.05) is 16.0 Å². The van der Waals surface area contributed by atoms with E-state index in [1.54, 1.807) is 12.1 Å². The summed E-state index contributed by atoms with van der Waals surface area (Å²) < 4.78 is 19.2. The summed E-state index contributed by atoms with van der Waals surface area (Å²) in [4.78, 5) is 12.1. The van der Waals surface area contributed by atoms with E-state index in [0.717, 1.165) is 16.1 Å². The van der Waals surface area contributed by atoms with Gasteiger partial charge in [-0.1, -0.05) is 33.6 Å². The van der Waals surface area contributed by atoms with Crippen LogP contribution in [0.25, 0.3) is 0 Å². The summed E-state index contributed by atoms with van der Waals surface area (Å²) in [7, 11) is 1.43. The van der Waals surface area contributed by atoms with Gasteiger partial charge >= 0.3 is 0 Å². The Labute approximate surface area is 135 Å². The molecule has 3 nitrogen and oxygen atoms in total. The number of carbonyl (C=O) groups excluding carboxylic acids is 1. The van der Waals surface area contributed by atoms with Crippen molar-refractivity contribution in [3.63, 3.8) is 0 Å². The van der Waals surface area contributed by atoms with Crippen LogP contribution in [0.4, 0.5) is 4.39 Å². The topological polar surface area (TPSA) is 38.3 Å². The monoisotopic (exact) mass is 371 g/mol. The lowest BCUT2D eigenvalue weighted by atomic mass is 10.1. The largest absolute Gasteiger partial charge is 0.496 e. The van der Waals surface area contributed by atoms with Gasteiger partial charge in [-0.3, -0.25) is 4.79 Å². The van der Waals surface area contributed by atoms with Crippen molar-refractivity contribution in [2.45, 2.75) is 6.54 Å². The summed E-state index contributed by atoms with van der Waals surface area (Å²) >= 11 is 9.39. The summed E-state index contributed by atoms with van der Waals surface area (Å²) in [5, 5.41) is 3.23. The maximum Gasteiger partial charge on any atom is 0.255 e. The third-order valence-electron chi connectivity index (χ3n) is 2.86. The highest BCUT2D eigenvalue weighted by molar-refractivity contribution is 9.10. The molecule has 1 amide bonds. The maximum absolute atomic E-state index is 13.3. The molecule has 0 heterocycles. The molecule has 21 heavy (non-hydrogen) atoms. The molecule has 2 aromatic rings. The SMILES string of the molecule is COc1ccc(F)cc1C(=O)NCc1ccc(Br)cc1Cl. The second kappa shape index (κ2) is 6.91. The van der Waals surface area contributed by atoms with Gasteiger partial charge in [-0.2, -0.15) is 0 Å². The number of amides is 1. The van der Waals surface area contributed by atoms with Gasteiger partial charge in [0.25, 0.3) is 5.91 Å². The zero-order valence-corrected chi connectivity index (χ0v) is 13.5. The lowest BCUT2D eigenvalue weighted by Gasteiger charge is -2.10. The highest BCUT2D eigenvalue weighted by Crippen LogP contribution is 2.22. The van der Waals surface area contributed by atoms with Crippen LogP contribution < -0.4 is 10.1 Å². The van der Waals surface area contributed by atoms with Crippen LogP contribution in [0, 0.1) is 5.82 Å². The quantitative estimate of drug-likeness (QED) is 0.874. The van der Waals surface area contributed by atoms with Crippen LogP contribution in [-0.2, 0) is 6.54 Å². The van der Waals surface area contributed by atoms with Crippen LogP contribution in [0.15, 0.2) is 40.9 Å². The summed E-state index contributed by atoms with van der Waals surface area (Å²) in [5.41, 5.74) is 0.911. The molecular formula is C15H12BrClFNO2. The van der Waals surface area contributed by atoms with Crippen molar-refractivity contribution in [2.75, 3.05) is 7.11 Å². The molecule has 0 bridgehead atoms. The fourth-order valence-corrected chi connectivity index (χ4v) is 2.53. The molecule has 2 rings (SSSR count). The zero-order valence-electron chi connectivity index (χ0n) is 11.1. The Morgan fingerprint density at radius 1 is 1.33 bits per heavy atom. The second-order valence-electron chi connectivity index (χ2n) is 4.26. The molecule has 0 saturated heterocycles. The van der Waals surface area contributed by atoms with Crippen molar-refractivity contribution in [3.05, 3.63) is 62.8 Å². The van der Waals surface area contributed by atoms with Gasteiger partial charge in [-0.15, -0.1) is 0 Å². The van der Waals surface area contributed by atoms with E-state index < -0.39 is 11.7 Å². The number of benzene rings is 2. The fraction of sp³-hybridized carbons (Fsp3) is 0.133. The van der Waals surface area contributed by atoms with Crippen molar-refractivity contribution in [3.8, 4) is 5.75 Å². The van der Waals surface area contributed by atoms with Gasteiger partial charge in [0.15, 0.2) is 0 Å². The molecule has 0 aromatic heterocycles. The number of rotatable bonds is 4. The Kier molecular flexibility index (Phi) is 5.20. The first-order valence-electron chi connectivity index (χ1n) is 6.07. The first-order chi connectivity index (χ1) is 10.0. The molecule has 6 heteroatoms. The van der Waals surface area contributed by atoms with Gasteiger partial charge in [0.1, 0.15) is 11.6 Å². The van der Waals surface area contributed by atoms with E-state index in [1.165, 1.54) is 19.2 Å². The number of nitrogens with one attached hydrogen (secondary N) is 1. The molecule has 0 atom stereocenters. The summed E-state index contributed by atoms with van der Waals surface area (Å²) in [5.74, 6) is -0.608. The first kappa shape index (κ1) is 15.8. The Balaban J connectivity index is 2.13. The molecular weight excluding hydrogens is 361 g/mol. The smallest absolute Gasteiger partial charge is 0.255 e. The second-order valence-corrected chi connectivity index (χ2v) is 5.59. The van der Waals surface area contributed by atoms with E-state index in [9.17, 15) is 9.18 Å². The van der Waals surface area contributed by atoms with E-state index >= 15 is 0 Å². The van der Waals surface area contributed by atoms with E-state index in [-0.39, 0.29) is 12.1 Å². The van der Waals surface area contributed by atoms with E-state index in [2.05, 4.69) is 21.2 Å². The Hall–Kier alpha value is -1.59. The molecule has 0 fully saturated rings. The number of ether oxygens (including phenoxy) is 1. The summed E-state index contributed by atoms with van der Waals surface area (Å²) in [6.07, 6.45) is 0. The predicted molar refractivity (Wildman–Crippen MR) is 83.3 cm³/mol. The molecule has 0 unspecified atom stereocenters. The zero-order chi connectivity index (χ0) is 15.4. The highest BCUT2D eigenvalue weighted by atomic mass is 79.9. The fourth-order valence-electron chi connectivity index (χ4n) is 1.79. The molecule has 0 spiro atoms. The number of halogens is 3. The van der Waals surface area contributed by atoms with Crippen molar-refractivity contribution in [1.29, 1.82) is 0 Å². The number of hydrogen-bond donors (Lipinski definition) is 1. The van der Waals surface area contributed by atoms with Gasteiger partial charge in [-0.25, -0.2) is 4.39 Å². The van der Waals surface area contributed by atoms with Gasteiger partial charge in [0.05, 0.1) is 12.7 Å². The molecule has 0 aliphatic carbocycles. The molecule has 0 aliphatic heterocycles. The molecule has 1 N–H and O–H groups in total. The average molecular weight is 373 g/mol. The highest BCUT2D eigenvalue weighted by Gasteiger charge is 2.13. The number of hydrogen-bond acceptors (Lipinski definition) is 2. The minimum atomic E-state index is -0.498. The third kappa shape index (κ3) is 3.95. The maximum atomic E-state index is 13.3. The van der Waals surface area contributed by atoms with E-state index in [0.29, 0.717) is 10.8 Å². The van der Waals surface area contributed by atoms with Crippen LogP contribution in [-0.4, -0.2) is 13.0 Å². The van der Waals surface area contributed by atoms with Crippen LogP contribution >= 0.6 is 27.5 Å². The standard InChI is InChI=1S/C15H12BrClFNO2/c1-21-14-5-4-11(18)7-12(14)15(20)19-8-9-2-3-10(16)6-13(9)17/h2-7H,8H2,1H3,(H,19,20). The Morgan fingerprint density at radius 2 is 2.10 bits per heavy atom. The van der Waals surface area contributed by atoms with Crippen molar-refractivity contribution < 1.29 is 13.9 Å². The first-order valence-corrected chi connectivity index (χ1v) is 7.24. The molecule has 0 aliphatic rings. The molecule has 110 valence electrons. The lowest BCUT2D eigenvalue weighted by molar-refractivity contribution is 0.0947. The van der Waals surface area contributed by atoms with Crippen LogP contribution in [0.3, 0.4) is 0 Å². The molecule has 2 aromatic carbocycles. The van der Waals surface area contributed by atoms with E-state index in [1.807, 2.05) is 6.07 Å². The van der Waals surface area contributed by atoms with Crippen molar-refractivity contribution >= 4 is 33.4 Å². The number of methoxy groups -OCH3 is 1. The summed E-state index contributed by atoms with van der Waals surface area (Å²) in [6.45, 7) is 0.241. The lowest BCUT2D eigenvalue weighted by Crippen LogP contribution is -2.23. The van der Waals surface area contributed by atoms with Crippen LogP contribution in [0.2, 0.25) is 5.02 Å². The van der Waals surface area contributed by atoms with Crippen molar-refractivity contribution in [2.24, 2.45) is 0 Å². The van der Waals surface area contributed by atoms with Gasteiger partial charge in [0.2, 0.25) is 0 Å². The Bertz CT molecular complexity index is 679. The average Bonchev–Trinajstić information content (AvgIpc) is 2.46. The Morgan fingerprint density at radius 3 is 2.76 bits per heavy atom. The third-order valence-corrected chi connectivity index (χ3v) is 3.71. The summed E-state index contributed by atoms with van der Waals surface area (Å²) in [6, 6.07) is 9.16. The normalized spacial score (nSPS) is 10.3. The molecule has 0 radical (unpaired) electrons. The van der Waals surface area contributed by atoms with Crippen LogP contribution in [0.5, 0.6) is 5.75 Å². The number of carbonyl (C=O) groups is 1.